The monoisotopic (exact) mass is 812 g/mol. The van der Waals surface area contributed by atoms with Crippen molar-refractivity contribution in [2.45, 2.75) is 0 Å². The summed E-state index contributed by atoms with van der Waals surface area (Å²) in [6.45, 7) is 0. The summed E-state index contributed by atoms with van der Waals surface area (Å²) < 4.78 is 179. The minimum absolute atomic E-state index is 0. The summed E-state index contributed by atoms with van der Waals surface area (Å²) in [5.74, 6) is 0. The Balaban J connectivity index is -0.000000108. The molecular weight excluding hydrogens is 815 g/mol. The van der Waals surface area contributed by atoms with Crippen LogP contribution in [0.15, 0.2) is 0 Å². The molecule has 0 nitrogen and oxygen atoms in total. The Morgan fingerprint density at radius 2 is 0.227 bits per heavy atom. The molecule has 0 saturated carbocycles. The van der Waals surface area contributed by atoms with Crippen LogP contribution in [0.2, 0.25) is 0 Å². The Hall–Kier alpha value is 1.93. The van der Waals surface area contributed by atoms with Crippen LogP contribution in [0, 0.1) is 0 Å². The van der Waals surface area contributed by atoms with Crippen molar-refractivity contribution >= 4 is 58.4 Å². The molecule has 1 radical (unpaired) electrons. The number of hydrogen-bond acceptors (Lipinski definition) is 0. The maximum atomic E-state index is 9.93. The molecular formula is AgF18Sb3-3. The van der Waals surface area contributed by atoms with E-state index in [1.54, 1.807) is 0 Å². The average Bonchev–Trinajstić information content (AvgIpc) is 1.19. The van der Waals surface area contributed by atoms with Gasteiger partial charge >= 0.3 is 109 Å². The zero-order chi connectivity index (χ0) is 19.2. The van der Waals surface area contributed by atoms with E-state index in [1.165, 1.54) is 0 Å². The van der Waals surface area contributed by atoms with E-state index < -0.39 is 58.4 Å². The Kier molecular flexibility index (Phi) is 7.21. The van der Waals surface area contributed by atoms with Gasteiger partial charge in [0, 0.05) is 22.4 Å². The van der Waals surface area contributed by atoms with Crippen LogP contribution in [0.1, 0.15) is 0 Å². The van der Waals surface area contributed by atoms with E-state index in [0.717, 1.165) is 0 Å². The topological polar surface area (TPSA) is 0 Å². The van der Waals surface area contributed by atoms with Crippen molar-refractivity contribution in [2.24, 2.45) is 0 Å². The van der Waals surface area contributed by atoms with Crippen LogP contribution in [-0.2, 0) is 22.4 Å². The van der Waals surface area contributed by atoms with Crippen LogP contribution in [-0.4, -0.2) is 58.4 Å². The van der Waals surface area contributed by atoms with Crippen LogP contribution in [0.4, 0.5) is 50.6 Å². The molecule has 0 fully saturated rings. The van der Waals surface area contributed by atoms with E-state index in [9.17, 15) is 50.6 Å². The van der Waals surface area contributed by atoms with Crippen LogP contribution in [0.3, 0.4) is 0 Å². The van der Waals surface area contributed by atoms with Crippen LogP contribution >= 0.6 is 0 Å². The zero-order valence-electron chi connectivity index (χ0n) is 8.45. The van der Waals surface area contributed by atoms with Gasteiger partial charge in [0.2, 0.25) is 0 Å². The van der Waals surface area contributed by atoms with Gasteiger partial charge in [0.15, 0.2) is 0 Å². The Labute approximate surface area is 130 Å². The third-order valence-corrected chi connectivity index (χ3v) is 0. The molecule has 0 aromatic rings. The molecule has 0 aliphatic heterocycles. The molecule has 0 unspecified atom stereocenters. The number of halogens is 18. The summed E-state index contributed by atoms with van der Waals surface area (Å²) in [4.78, 5) is 0. The van der Waals surface area contributed by atoms with E-state index in [0.29, 0.717) is 0 Å². The fourth-order valence-corrected chi connectivity index (χ4v) is 0. The van der Waals surface area contributed by atoms with Gasteiger partial charge in [-0.2, -0.15) is 0 Å². The SMILES string of the molecule is [Ag].[F][Sb-]([F])([F])([F])([F])[F].[F][Sb-]([F])([F])([F])([F])[F].[F][Sb-]([F])([F])([F])([F])[F]. The first-order chi connectivity index (χ1) is 7.35. The summed E-state index contributed by atoms with van der Waals surface area (Å²) in [6, 6.07) is 0. The molecule has 0 bridgehead atoms. The molecule has 0 aromatic heterocycles. The van der Waals surface area contributed by atoms with Gasteiger partial charge < -0.3 is 0 Å². The quantitative estimate of drug-likeness (QED) is 0.196. The van der Waals surface area contributed by atoms with Crippen molar-refractivity contribution in [2.75, 3.05) is 0 Å². The average molecular weight is 815 g/mol. The third kappa shape index (κ3) is 2570. The van der Waals surface area contributed by atoms with Gasteiger partial charge in [-0.1, -0.05) is 0 Å². The molecule has 0 amide bonds. The predicted octanol–water partition coefficient (Wildman–Crippen LogP) is 6.42. The summed E-state index contributed by atoms with van der Waals surface area (Å²) in [5, 5.41) is 0. The molecule has 155 valence electrons. The molecule has 22 heteroatoms. The zero-order valence-corrected chi connectivity index (χ0v) is 17.6. The fraction of sp³-hybridized carbons (Fsp3) is 0. The van der Waals surface area contributed by atoms with Crippen molar-refractivity contribution in [3.8, 4) is 0 Å². The Morgan fingerprint density at radius 3 is 0.227 bits per heavy atom. The van der Waals surface area contributed by atoms with Gasteiger partial charge in [-0.05, 0) is 0 Å². The first kappa shape index (κ1) is 31.7. The van der Waals surface area contributed by atoms with E-state index in [2.05, 4.69) is 0 Å². The van der Waals surface area contributed by atoms with E-state index >= 15 is 0 Å². The normalized spacial score (nSPS) is 22.1. The van der Waals surface area contributed by atoms with Gasteiger partial charge in [-0.25, -0.2) is 0 Å². The van der Waals surface area contributed by atoms with Crippen molar-refractivity contribution in [1.82, 2.24) is 0 Å². The van der Waals surface area contributed by atoms with Crippen LogP contribution in [0.5, 0.6) is 0 Å². The third-order valence-electron chi connectivity index (χ3n) is 0. The molecule has 0 saturated heterocycles. The molecule has 0 N–H and O–H groups in total. The van der Waals surface area contributed by atoms with Crippen molar-refractivity contribution in [3.63, 3.8) is 0 Å². The van der Waals surface area contributed by atoms with Crippen molar-refractivity contribution in [3.05, 3.63) is 0 Å². The van der Waals surface area contributed by atoms with Gasteiger partial charge in [0.05, 0.1) is 0 Å². The van der Waals surface area contributed by atoms with Crippen molar-refractivity contribution < 1.29 is 73.0 Å². The molecule has 0 rings (SSSR count). The van der Waals surface area contributed by atoms with E-state index in [1.807, 2.05) is 0 Å². The summed E-state index contributed by atoms with van der Waals surface area (Å²) in [7, 11) is 0. The van der Waals surface area contributed by atoms with Crippen LogP contribution < -0.4 is 0 Å². The molecule has 0 aliphatic rings. The van der Waals surface area contributed by atoms with Gasteiger partial charge in [0.25, 0.3) is 0 Å². The second-order valence-corrected chi connectivity index (χ2v) is 19.3. The molecule has 0 aliphatic carbocycles. The van der Waals surface area contributed by atoms with Crippen LogP contribution in [0.25, 0.3) is 0 Å². The summed E-state index contributed by atoms with van der Waals surface area (Å²) in [6.07, 6.45) is 0. The van der Waals surface area contributed by atoms with Gasteiger partial charge in [-0.3, -0.25) is 0 Å². The van der Waals surface area contributed by atoms with Crippen molar-refractivity contribution in [1.29, 1.82) is 0 Å². The molecule has 0 heterocycles. The fourth-order valence-electron chi connectivity index (χ4n) is 0. The minimum atomic E-state index is -11.2. The van der Waals surface area contributed by atoms with E-state index in [4.69, 9.17) is 0 Å². The summed E-state index contributed by atoms with van der Waals surface area (Å²) in [5.41, 5.74) is 0. The summed E-state index contributed by atoms with van der Waals surface area (Å²) >= 11 is -33.8. The molecule has 0 atom stereocenters. The second kappa shape index (κ2) is 5.01. The second-order valence-electron chi connectivity index (χ2n) is 2.87. The van der Waals surface area contributed by atoms with Gasteiger partial charge in [0.1, 0.15) is 0 Å². The number of rotatable bonds is 0. The Bertz CT molecular complexity index is 265. The first-order valence-electron chi connectivity index (χ1n) is 3.04. The molecule has 0 aromatic carbocycles. The molecule has 0 spiro atoms. The predicted molar refractivity (Wildman–Crippen MR) is 37.2 cm³/mol. The maximum absolute atomic E-state index is 11.2. The number of hydrogen-bond donors (Lipinski definition) is 0. The first-order valence-corrected chi connectivity index (χ1v) is 20.4. The van der Waals surface area contributed by atoms with E-state index in [-0.39, 0.29) is 22.4 Å². The van der Waals surface area contributed by atoms with Gasteiger partial charge in [-0.15, -0.1) is 0 Å². The Morgan fingerprint density at radius 1 is 0.227 bits per heavy atom. The molecule has 22 heavy (non-hydrogen) atoms. The standard InChI is InChI=1S/Ag.18FH.3Sb/h;18*1H;;;/q;;;;;;;;;;;;;;;;;;;3*+5/p-18.